The molecule has 4 aliphatic rings. The van der Waals surface area contributed by atoms with E-state index in [9.17, 15) is 10.2 Å². The van der Waals surface area contributed by atoms with Gasteiger partial charge in [-0.15, -0.1) is 0 Å². The number of pyridine rings is 1. The van der Waals surface area contributed by atoms with E-state index in [2.05, 4.69) is 16.0 Å². The van der Waals surface area contributed by atoms with Crippen LogP contribution >= 0.6 is 11.6 Å². The third kappa shape index (κ3) is 4.27. The largest absolute Gasteiger partial charge is 0.438 e. The predicted molar refractivity (Wildman–Crippen MR) is 137 cm³/mol. The summed E-state index contributed by atoms with van der Waals surface area (Å²) in [6.45, 7) is 0.931. The van der Waals surface area contributed by atoms with Gasteiger partial charge in [-0.05, 0) is 79.7 Å². The number of ether oxygens (including phenoxy) is 1. The Balaban J connectivity index is 1.21. The standard InChI is InChI=1S/C29H29ClN2O3/c30-21-10-8-20(9-11-21)29(34)17-22-12-13-23(18-29)32(22)15-3-4-19-16-25-26(33)6-1-7-27(25)35-28-24(19)5-2-14-31-28/h1-2,4-11,14,16,22-23,26,33-34H,3,12-13,15,17-18H2. The summed E-state index contributed by atoms with van der Waals surface area (Å²) in [7, 11) is 0. The number of rotatable bonds is 4. The molecule has 0 radical (unpaired) electrons. The van der Waals surface area contributed by atoms with Gasteiger partial charge in [-0.25, -0.2) is 4.98 Å². The molecule has 1 aliphatic carbocycles. The molecule has 3 atom stereocenters. The number of halogens is 1. The van der Waals surface area contributed by atoms with Gasteiger partial charge in [0.1, 0.15) is 11.9 Å². The Bertz CT molecular complexity index is 1230. The van der Waals surface area contributed by atoms with Crippen molar-refractivity contribution in [3.05, 3.63) is 100 Å². The van der Waals surface area contributed by atoms with Crippen LogP contribution in [0.5, 0.6) is 5.88 Å². The number of fused-ring (bicyclic) bond motifs is 4. The van der Waals surface area contributed by atoms with Gasteiger partial charge >= 0.3 is 0 Å². The van der Waals surface area contributed by atoms with E-state index in [0.717, 1.165) is 60.9 Å². The number of aromatic nitrogens is 1. The normalized spacial score (nSPS) is 30.7. The van der Waals surface area contributed by atoms with Crippen molar-refractivity contribution in [1.29, 1.82) is 0 Å². The molecule has 180 valence electrons. The van der Waals surface area contributed by atoms with E-state index < -0.39 is 11.7 Å². The first kappa shape index (κ1) is 22.7. The number of benzene rings is 1. The summed E-state index contributed by atoms with van der Waals surface area (Å²) in [6, 6.07) is 12.3. The molecule has 0 spiro atoms. The lowest BCUT2D eigenvalue weighted by molar-refractivity contribution is -0.0563. The molecular formula is C29H29ClN2O3. The third-order valence-electron chi connectivity index (χ3n) is 7.79. The minimum absolute atomic E-state index is 0.373. The van der Waals surface area contributed by atoms with Crippen LogP contribution in [-0.2, 0) is 5.60 Å². The molecule has 2 N–H and O–H groups in total. The van der Waals surface area contributed by atoms with E-state index in [4.69, 9.17) is 16.3 Å². The van der Waals surface area contributed by atoms with Crippen LogP contribution in [0.2, 0.25) is 5.02 Å². The number of hydrogen-bond acceptors (Lipinski definition) is 5. The summed E-state index contributed by atoms with van der Waals surface area (Å²) in [4.78, 5) is 7.02. The summed E-state index contributed by atoms with van der Waals surface area (Å²) in [5.41, 5.74) is 2.89. The highest BCUT2D eigenvalue weighted by molar-refractivity contribution is 6.30. The molecule has 0 saturated carbocycles. The summed E-state index contributed by atoms with van der Waals surface area (Å²) >= 11 is 6.07. The Kier molecular flexibility index (Phi) is 5.89. The van der Waals surface area contributed by atoms with Crippen molar-refractivity contribution >= 4 is 17.2 Å². The molecule has 6 heteroatoms. The first-order chi connectivity index (χ1) is 17.0. The van der Waals surface area contributed by atoms with E-state index in [1.807, 2.05) is 54.6 Å². The number of piperidine rings is 1. The van der Waals surface area contributed by atoms with Gasteiger partial charge in [0.25, 0.3) is 0 Å². The molecule has 1 aromatic heterocycles. The number of allylic oxidation sites excluding steroid dienone is 4. The molecule has 3 aliphatic heterocycles. The summed E-state index contributed by atoms with van der Waals surface area (Å²) in [5.74, 6) is 1.20. The SMILES string of the molecule is OC1C=CC=C2Oc3ncccc3C(=CCCN3C4CCC3CC(O)(c3ccc(Cl)cc3)C4)C=C21. The van der Waals surface area contributed by atoms with E-state index in [0.29, 0.717) is 28.7 Å². The van der Waals surface area contributed by atoms with Crippen LogP contribution in [0.25, 0.3) is 5.57 Å². The van der Waals surface area contributed by atoms with Crippen LogP contribution in [0.15, 0.2) is 84.3 Å². The van der Waals surface area contributed by atoms with E-state index >= 15 is 0 Å². The fourth-order valence-corrected chi connectivity index (χ4v) is 6.23. The van der Waals surface area contributed by atoms with Gasteiger partial charge in [-0.1, -0.05) is 42.0 Å². The van der Waals surface area contributed by atoms with Gasteiger partial charge in [0.05, 0.1) is 5.60 Å². The van der Waals surface area contributed by atoms with Crippen molar-refractivity contribution in [1.82, 2.24) is 9.88 Å². The molecule has 0 amide bonds. The Morgan fingerprint density at radius 1 is 1.14 bits per heavy atom. The first-order valence-electron chi connectivity index (χ1n) is 12.4. The zero-order chi connectivity index (χ0) is 24.0. The molecule has 2 aromatic rings. The number of hydrogen-bond donors (Lipinski definition) is 2. The third-order valence-corrected chi connectivity index (χ3v) is 8.05. The van der Waals surface area contributed by atoms with E-state index in [1.54, 1.807) is 12.3 Å². The lowest BCUT2D eigenvalue weighted by Gasteiger charge is -2.44. The lowest BCUT2D eigenvalue weighted by atomic mass is 9.80. The van der Waals surface area contributed by atoms with Crippen LogP contribution in [0, 0.1) is 0 Å². The Morgan fingerprint density at radius 3 is 2.69 bits per heavy atom. The van der Waals surface area contributed by atoms with Gasteiger partial charge in [0.2, 0.25) is 5.88 Å². The van der Waals surface area contributed by atoms with Crippen molar-refractivity contribution in [3.63, 3.8) is 0 Å². The maximum atomic E-state index is 11.5. The second kappa shape index (κ2) is 9.07. The smallest absolute Gasteiger partial charge is 0.227 e. The minimum atomic E-state index is -0.785. The van der Waals surface area contributed by atoms with Crippen molar-refractivity contribution < 1.29 is 14.9 Å². The van der Waals surface area contributed by atoms with Crippen LogP contribution in [0.3, 0.4) is 0 Å². The fraction of sp³-hybridized carbons (Fsp3) is 0.345. The van der Waals surface area contributed by atoms with E-state index in [1.165, 1.54) is 0 Å². The summed E-state index contributed by atoms with van der Waals surface area (Å²) in [6.07, 6.45) is 15.3. The predicted octanol–water partition coefficient (Wildman–Crippen LogP) is 5.16. The maximum absolute atomic E-state index is 11.5. The van der Waals surface area contributed by atoms with Crippen molar-refractivity contribution in [2.75, 3.05) is 6.54 Å². The van der Waals surface area contributed by atoms with Gasteiger partial charge in [0, 0.05) is 41.0 Å². The van der Waals surface area contributed by atoms with Crippen LogP contribution in [0.4, 0.5) is 0 Å². The second-order valence-electron chi connectivity index (χ2n) is 9.94. The molecule has 1 aromatic carbocycles. The average molecular weight is 489 g/mol. The molecule has 5 nitrogen and oxygen atoms in total. The molecule has 2 bridgehead atoms. The Labute approximate surface area is 210 Å². The quantitative estimate of drug-likeness (QED) is 0.622. The molecule has 3 unspecified atom stereocenters. The molecule has 6 rings (SSSR count). The van der Waals surface area contributed by atoms with Crippen LogP contribution < -0.4 is 4.74 Å². The number of aliphatic hydroxyl groups is 2. The second-order valence-corrected chi connectivity index (χ2v) is 10.4. The zero-order valence-corrected chi connectivity index (χ0v) is 20.2. The lowest BCUT2D eigenvalue weighted by Crippen LogP contribution is -2.49. The summed E-state index contributed by atoms with van der Waals surface area (Å²) in [5, 5.41) is 22.7. The topological polar surface area (TPSA) is 65.8 Å². The molecule has 35 heavy (non-hydrogen) atoms. The molecule has 4 heterocycles. The Morgan fingerprint density at radius 2 is 1.91 bits per heavy atom. The van der Waals surface area contributed by atoms with Crippen molar-refractivity contribution in [3.8, 4) is 5.88 Å². The maximum Gasteiger partial charge on any atom is 0.227 e. The van der Waals surface area contributed by atoms with Gasteiger partial charge in [0.15, 0.2) is 0 Å². The van der Waals surface area contributed by atoms with Crippen molar-refractivity contribution in [2.45, 2.75) is 55.9 Å². The summed E-state index contributed by atoms with van der Waals surface area (Å²) < 4.78 is 6.06. The molecule has 2 saturated heterocycles. The first-order valence-corrected chi connectivity index (χ1v) is 12.7. The Hall–Kier alpha value is -2.70. The van der Waals surface area contributed by atoms with Crippen molar-refractivity contribution in [2.24, 2.45) is 0 Å². The highest BCUT2D eigenvalue weighted by Crippen LogP contribution is 2.46. The molecule has 2 fully saturated rings. The average Bonchev–Trinajstić information content (AvgIpc) is 3.01. The van der Waals surface area contributed by atoms with E-state index in [-0.39, 0.29) is 0 Å². The highest BCUT2D eigenvalue weighted by atomic mass is 35.5. The number of aliphatic hydroxyl groups excluding tert-OH is 1. The van der Waals surface area contributed by atoms with Crippen LogP contribution in [0.1, 0.15) is 43.2 Å². The van der Waals surface area contributed by atoms with Gasteiger partial charge < -0.3 is 14.9 Å². The fourth-order valence-electron chi connectivity index (χ4n) is 6.10. The van der Waals surface area contributed by atoms with Crippen LogP contribution in [-0.4, -0.2) is 44.8 Å². The van der Waals surface area contributed by atoms with Gasteiger partial charge in [-0.3, -0.25) is 4.90 Å². The molecular weight excluding hydrogens is 460 g/mol. The minimum Gasteiger partial charge on any atom is -0.438 e. The number of nitrogens with zero attached hydrogens (tertiary/aromatic N) is 2. The highest BCUT2D eigenvalue weighted by Gasteiger charge is 2.47. The monoisotopic (exact) mass is 488 g/mol. The van der Waals surface area contributed by atoms with Gasteiger partial charge in [-0.2, -0.15) is 0 Å². The zero-order valence-electron chi connectivity index (χ0n) is 19.5.